The summed E-state index contributed by atoms with van der Waals surface area (Å²) in [5.41, 5.74) is 0.249. The minimum Gasteiger partial charge on any atom is -0.381 e. The van der Waals surface area contributed by atoms with Gasteiger partial charge in [-0.1, -0.05) is 19.3 Å². The average molecular weight is 363 g/mol. The van der Waals surface area contributed by atoms with Crippen LogP contribution in [0.5, 0.6) is 0 Å². The van der Waals surface area contributed by atoms with Crippen molar-refractivity contribution in [2.75, 3.05) is 10.6 Å². The van der Waals surface area contributed by atoms with E-state index in [2.05, 4.69) is 15.6 Å². The van der Waals surface area contributed by atoms with E-state index in [-0.39, 0.29) is 5.56 Å². The van der Waals surface area contributed by atoms with Gasteiger partial charge in [0.1, 0.15) is 5.82 Å². The van der Waals surface area contributed by atoms with E-state index in [0.29, 0.717) is 11.9 Å². The summed E-state index contributed by atoms with van der Waals surface area (Å²) in [5, 5.41) is 6.02. The molecule has 4 nitrogen and oxygen atoms in total. The van der Waals surface area contributed by atoms with Crippen LogP contribution in [0.1, 0.15) is 48.0 Å². The molecule has 7 heteroatoms. The van der Waals surface area contributed by atoms with E-state index in [0.717, 1.165) is 42.8 Å². The van der Waals surface area contributed by atoms with Crippen LogP contribution in [0.15, 0.2) is 42.6 Å². The lowest BCUT2D eigenvalue weighted by Gasteiger charge is -2.23. The molecule has 0 bridgehead atoms. The van der Waals surface area contributed by atoms with Crippen molar-refractivity contribution in [3.63, 3.8) is 0 Å². The Bertz CT molecular complexity index is 736. The molecule has 0 spiro atoms. The summed E-state index contributed by atoms with van der Waals surface area (Å²) >= 11 is 0. The summed E-state index contributed by atoms with van der Waals surface area (Å²) in [5.74, 6) is -0.150. The molecule has 26 heavy (non-hydrogen) atoms. The van der Waals surface area contributed by atoms with E-state index in [1.165, 1.54) is 19.3 Å². The lowest BCUT2D eigenvalue weighted by Crippen LogP contribution is -2.22. The number of carbonyl (C=O) groups is 1. The second-order valence-electron chi connectivity index (χ2n) is 6.44. The van der Waals surface area contributed by atoms with Crippen LogP contribution in [0, 0.1) is 0 Å². The first-order chi connectivity index (χ1) is 12.4. The Hall–Kier alpha value is -2.57. The minimum absolute atomic E-state index is 0.143. The zero-order valence-electron chi connectivity index (χ0n) is 14.1. The van der Waals surface area contributed by atoms with Gasteiger partial charge < -0.3 is 10.6 Å². The van der Waals surface area contributed by atoms with Gasteiger partial charge in [-0.05, 0) is 49.2 Å². The van der Waals surface area contributed by atoms with Crippen molar-refractivity contribution in [1.29, 1.82) is 0 Å². The van der Waals surface area contributed by atoms with Gasteiger partial charge in [0, 0.05) is 11.6 Å². The first-order valence-corrected chi connectivity index (χ1v) is 8.63. The molecule has 1 fully saturated rings. The van der Waals surface area contributed by atoms with Crippen molar-refractivity contribution < 1.29 is 18.0 Å². The molecule has 0 radical (unpaired) electrons. The van der Waals surface area contributed by atoms with Gasteiger partial charge in [0.05, 0.1) is 17.4 Å². The topological polar surface area (TPSA) is 54.0 Å². The lowest BCUT2D eigenvalue weighted by atomic mass is 9.95. The predicted octanol–water partition coefficient (Wildman–Crippen LogP) is 5.10. The zero-order valence-corrected chi connectivity index (χ0v) is 14.1. The molecule has 1 heterocycles. The first kappa shape index (κ1) is 18.2. The lowest BCUT2D eigenvalue weighted by molar-refractivity contribution is -0.137. The van der Waals surface area contributed by atoms with E-state index in [4.69, 9.17) is 0 Å². The molecular formula is C19H20F3N3O. The molecule has 1 saturated carbocycles. The number of nitrogens with zero attached hydrogens (tertiary/aromatic N) is 1. The van der Waals surface area contributed by atoms with Gasteiger partial charge in [-0.3, -0.25) is 4.79 Å². The minimum atomic E-state index is -4.42. The molecule has 0 aliphatic heterocycles. The predicted molar refractivity (Wildman–Crippen MR) is 94.1 cm³/mol. The van der Waals surface area contributed by atoms with Crippen LogP contribution in [0.3, 0.4) is 0 Å². The Kier molecular flexibility index (Phi) is 5.44. The Morgan fingerprint density at radius 2 is 1.69 bits per heavy atom. The number of carbonyl (C=O) groups excluding carboxylic acids is 1. The number of benzene rings is 1. The number of rotatable bonds is 4. The van der Waals surface area contributed by atoms with Gasteiger partial charge in [0.15, 0.2) is 0 Å². The van der Waals surface area contributed by atoms with Crippen LogP contribution in [0.2, 0.25) is 0 Å². The van der Waals surface area contributed by atoms with E-state index >= 15 is 0 Å². The second kappa shape index (κ2) is 7.76. The van der Waals surface area contributed by atoms with Crippen molar-refractivity contribution in [3.05, 3.63) is 53.7 Å². The van der Waals surface area contributed by atoms with Crippen molar-refractivity contribution in [2.45, 2.75) is 44.3 Å². The third kappa shape index (κ3) is 4.74. The molecule has 3 rings (SSSR count). The summed E-state index contributed by atoms with van der Waals surface area (Å²) < 4.78 is 37.7. The summed E-state index contributed by atoms with van der Waals surface area (Å²) in [6.45, 7) is 0. The van der Waals surface area contributed by atoms with Crippen LogP contribution < -0.4 is 10.6 Å². The molecule has 0 atom stereocenters. The third-order valence-corrected chi connectivity index (χ3v) is 4.46. The monoisotopic (exact) mass is 363 g/mol. The van der Waals surface area contributed by atoms with E-state index in [9.17, 15) is 18.0 Å². The Balaban J connectivity index is 1.58. The second-order valence-corrected chi connectivity index (χ2v) is 6.44. The first-order valence-electron chi connectivity index (χ1n) is 8.63. The summed E-state index contributed by atoms with van der Waals surface area (Å²) in [6, 6.07) is 8.04. The van der Waals surface area contributed by atoms with Gasteiger partial charge in [-0.15, -0.1) is 0 Å². The molecule has 138 valence electrons. The standard InChI is InChI=1S/C19H20F3N3O/c20-19(21,22)14-8-6-13(7-9-14)18(26)25-17-11-10-16(12-23-17)24-15-4-2-1-3-5-15/h6-12,15,24H,1-5H2,(H,23,25,26). The van der Waals surface area contributed by atoms with Crippen molar-refractivity contribution >= 4 is 17.4 Å². The average Bonchev–Trinajstić information content (AvgIpc) is 2.63. The Morgan fingerprint density at radius 3 is 2.27 bits per heavy atom. The molecule has 2 aromatic rings. The Morgan fingerprint density at radius 1 is 1.00 bits per heavy atom. The zero-order chi connectivity index (χ0) is 18.6. The largest absolute Gasteiger partial charge is 0.416 e. The molecule has 0 unspecified atom stereocenters. The number of nitrogens with one attached hydrogen (secondary N) is 2. The normalized spacial score (nSPS) is 15.5. The summed E-state index contributed by atoms with van der Waals surface area (Å²) in [4.78, 5) is 16.3. The highest BCUT2D eigenvalue weighted by Crippen LogP contribution is 2.29. The van der Waals surface area contributed by atoms with Crippen molar-refractivity contribution in [2.24, 2.45) is 0 Å². The van der Waals surface area contributed by atoms with Gasteiger partial charge >= 0.3 is 6.18 Å². The molecular weight excluding hydrogens is 343 g/mol. The van der Waals surface area contributed by atoms with Crippen molar-refractivity contribution in [3.8, 4) is 0 Å². The van der Waals surface area contributed by atoms with Crippen LogP contribution in [-0.2, 0) is 6.18 Å². The number of alkyl halides is 3. The number of anilines is 2. The molecule has 1 aromatic carbocycles. The van der Waals surface area contributed by atoms with E-state index in [1.54, 1.807) is 12.3 Å². The fourth-order valence-electron chi connectivity index (χ4n) is 3.03. The number of pyridine rings is 1. The van der Waals surface area contributed by atoms with Crippen LogP contribution >= 0.6 is 0 Å². The maximum atomic E-state index is 12.6. The molecule has 2 N–H and O–H groups in total. The fraction of sp³-hybridized carbons (Fsp3) is 0.368. The maximum absolute atomic E-state index is 12.6. The highest BCUT2D eigenvalue weighted by molar-refractivity contribution is 6.03. The van der Waals surface area contributed by atoms with E-state index < -0.39 is 17.6 Å². The quantitative estimate of drug-likeness (QED) is 0.795. The number of hydrogen-bond acceptors (Lipinski definition) is 3. The van der Waals surface area contributed by atoms with Gasteiger partial charge in [0.2, 0.25) is 0 Å². The number of amides is 1. The van der Waals surface area contributed by atoms with Crippen LogP contribution in [0.4, 0.5) is 24.7 Å². The molecule has 1 aliphatic carbocycles. The number of hydrogen-bond donors (Lipinski definition) is 2. The maximum Gasteiger partial charge on any atom is 0.416 e. The number of aromatic nitrogens is 1. The molecule has 1 amide bonds. The van der Waals surface area contributed by atoms with Gasteiger partial charge in [-0.25, -0.2) is 4.98 Å². The highest BCUT2D eigenvalue weighted by atomic mass is 19.4. The van der Waals surface area contributed by atoms with Crippen molar-refractivity contribution in [1.82, 2.24) is 4.98 Å². The SMILES string of the molecule is O=C(Nc1ccc(NC2CCCCC2)cn1)c1ccc(C(F)(F)F)cc1. The molecule has 0 saturated heterocycles. The Labute approximate surface area is 149 Å². The van der Waals surface area contributed by atoms with Crippen LogP contribution in [-0.4, -0.2) is 16.9 Å². The van der Waals surface area contributed by atoms with E-state index in [1.807, 2.05) is 6.07 Å². The molecule has 1 aliphatic rings. The fourth-order valence-corrected chi connectivity index (χ4v) is 3.03. The number of halogens is 3. The van der Waals surface area contributed by atoms with Gasteiger partial charge in [-0.2, -0.15) is 13.2 Å². The summed E-state index contributed by atoms with van der Waals surface area (Å²) in [6.07, 6.45) is 3.26. The van der Waals surface area contributed by atoms with Gasteiger partial charge in [0.25, 0.3) is 5.91 Å². The van der Waals surface area contributed by atoms with Crippen LogP contribution in [0.25, 0.3) is 0 Å². The highest BCUT2D eigenvalue weighted by Gasteiger charge is 2.30. The molecule has 1 aromatic heterocycles. The summed E-state index contributed by atoms with van der Waals surface area (Å²) in [7, 11) is 0. The smallest absolute Gasteiger partial charge is 0.381 e. The third-order valence-electron chi connectivity index (χ3n) is 4.46.